The minimum Gasteiger partial charge on any atom is -0.465 e. The molecule has 1 fully saturated rings. The molecular weight excluding hydrogens is 328 g/mol. The number of rotatable bonds is 5. The maximum atomic E-state index is 11.0. The van der Waals surface area contributed by atoms with Crippen molar-refractivity contribution in [2.75, 3.05) is 18.8 Å². The standard InChI is InChI=1S/C17H27ClN4O2/c1-11-13(14(19)21-15(18)20-11)5-4-8-17(2,3)12-6-9-22(10-7-12)16(23)24/h12H,4-10H2,1-3H3,(H,23,24)(H2,19,20,21). The Morgan fingerprint density at radius 1 is 1.38 bits per heavy atom. The van der Waals surface area contributed by atoms with Gasteiger partial charge in [-0.05, 0) is 62.0 Å². The molecule has 0 unspecified atom stereocenters. The molecule has 1 aromatic rings. The third-order valence-electron chi connectivity index (χ3n) is 5.34. The summed E-state index contributed by atoms with van der Waals surface area (Å²) in [5, 5.41) is 9.25. The Balaban J connectivity index is 1.88. The van der Waals surface area contributed by atoms with Gasteiger partial charge in [-0.15, -0.1) is 0 Å². The van der Waals surface area contributed by atoms with Crippen molar-refractivity contribution in [2.45, 2.75) is 52.9 Å². The highest BCUT2D eigenvalue weighted by atomic mass is 35.5. The summed E-state index contributed by atoms with van der Waals surface area (Å²) in [6, 6.07) is 0. The van der Waals surface area contributed by atoms with Crippen molar-refractivity contribution >= 4 is 23.5 Å². The average molecular weight is 355 g/mol. The van der Waals surface area contributed by atoms with Gasteiger partial charge >= 0.3 is 6.09 Å². The normalized spacial score (nSPS) is 16.4. The number of nitrogen functional groups attached to an aromatic ring is 1. The van der Waals surface area contributed by atoms with Gasteiger partial charge in [-0.1, -0.05) is 13.8 Å². The molecule has 3 N–H and O–H groups in total. The van der Waals surface area contributed by atoms with E-state index >= 15 is 0 Å². The van der Waals surface area contributed by atoms with Crippen molar-refractivity contribution < 1.29 is 9.90 Å². The summed E-state index contributed by atoms with van der Waals surface area (Å²) in [6.45, 7) is 7.75. The van der Waals surface area contributed by atoms with Gasteiger partial charge in [0.1, 0.15) is 5.82 Å². The van der Waals surface area contributed by atoms with Crippen LogP contribution < -0.4 is 5.73 Å². The van der Waals surface area contributed by atoms with E-state index in [1.165, 1.54) is 4.90 Å². The number of nitrogens with zero attached hydrogens (tertiary/aromatic N) is 3. The van der Waals surface area contributed by atoms with Crippen LogP contribution in [0.3, 0.4) is 0 Å². The Morgan fingerprint density at radius 2 is 2.00 bits per heavy atom. The summed E-state index contributed by atoms with van der Waals surface area (Å²) in [5.74, 6) is 1.02. The summed E-state index contributed by atoms with van der Waals surface area (Å²) in [6.07, 6.45) is 3.97. The zero-order valence-electron chi connectivity index (χ0n) is 14.7. The van der Waals surface area contributed by atoms with E-state index in [2.05, 4.69) is 23.8 Å². The molecule has 0 atom stereocenters. The molecule has 2 rings (SSSR count). The second-order valence-electron chi connectivity index (χ2n) is 7.33. The molecule has 0 radical (unpaired) electrons. The summed E-state index contributed by atoms with van der Waals surface area (Å²) >= 11 is 5.82. The number of anilines is 1. The SMILES string of the molecule is Cc1nc(Cl)nc(N)c1CCCC(C)(C)C1CCN(C(=O)O)CC1. The lowest BCUT2D eigenvalue weighted by Crippen LogP contribution is -2.41. The molecule has 7 heteroatoms. The van der Waals surface area contributed by atoms with Crippen LogP contribution in [0.25, 0.3) is 0 Å². The number of piperidine rings is 1. The topological polar surface area (TPSA) is 92.3 Å². The second kappa shape index (κ2) is 7.55. The van der Waals surface area contributed by atoms with Crippen LogP contribution >= 0.6 is 11.6 Å². The monoisotopic (exact) mass is 354 g/mol. The van der Waals surface area contributed by atoms with Gasteiger partial charge in [0.2, 0.25) is 5.28 Å². The van der Waals surface area contributed by atoms with Crippen LogP contribution in [0, 0.1) is 18.3 Å². The highest BCUT2D eigenvalue weighted by Gasteiger charge is 2.33. The predicted octanol–water partition coefficient (Wildman–Crippen LogP) is 3.76. The fraction of sp³-hybridized carbons (Fsp3) is 0.706. The van der Waals surface area contributed by atoms with E-state index in [-0.39, 0.29) is 10.7 Å². The Hall–Kier alpha value is -1.56. The first-order chi connectivity index (χ1) is 11.2. The largest absolute Gasteiger partial charge is 0.465 e. The number of nitrogens with two attached hydrogens (primary N) is 1. The molecule has 0 aliphatic carbocycles. The molecule has 1 amide bonds. The predicted molar refractivity (Wildman–Crippen MR) is 95.2 cm³/mol. The molecule has 0 aromatic carbocycles. The van der Waals surface area contributed by atoms with Crippen LogP contribution in [-0.2, 0) is 6.42 Å². The van der Waals surface area contributed by atoms with Crippen molar-refractivity contribution in [2.24, 2.45) is 11.3 Å². The molecule has 134 valence electrons. The number of hydrogen-bond acceptors (Lipinski definition) is 4. The lowest BCUT2D eigenvalue weighted by molar-refractivity contribution is 0.0832. The van der Waals surface area contributed by atoms with Gasteiger partial charge < -0.3 is 15.7 Å². The second-order valence-corrected chi connectivity index (χ2v) is 7.67. The Morgan fingerprint density at radius 3 is 2.54 bits per heavy atom. The van der Waals surface area contributed by atoms with Crippen molar-refractivity contribution in [3.05, 3.63) is 16.5 Å². The zero-order chi connectivity index (χ0) is 17.9. The van der Waals surface area contributed by atoms with Gasteiger partial charge in [-0.25, -0.2) is 14.8 Å². The minimum atomic E-state index is -0.806. The van der Waals surface area contributed by atoms with Gasteiger partial charge in [-0.3, -0.25) is 0 Å². The van der Waals surface area contributed by atoms with Gasteiger partial charge in [0, 0.05) is 24.3 Å². The van der Waals surface area contributed by atoms with Gasteiger partial charge in [0.15, 0.2) is 0 Å². The third kappa shape index (κ3) is 4.50. The van der Waals surface area contributed by atoms with Crippen LogP contribution in [0.1, 0.15) is 50.8 Å². The van der Waals surface area contributed by atoms with Crippen molar-refractivity contribution in [1.29, 1.82) is 0 Å². The van der Waals surface area contributed by atoms with E-state index in [0.717, 1.165) is 43.4 Å². The Labute approximate surface area is 148 Å². The summed E-state index contributed by atoms with van der Waals surface area (Å²) < 4.78 is 0. The Bertz CT molecular complexity index is 575. The van der Waals surface area contributed by atoms with Gasteiger partial charge in [0.25, 0.3) is 0 Å². The van der Waals surface area contributed by atoms with E-state index in [1.54, 1.807) is 0 Å². The molecule has 0 saturated carbocycles. The zero-order valence-corrected chi connectivity index (χ0v) is 15.4. The number of carboxylic acid groups (broad SMARTS) is 1. The molecule has 24 heavy (non-hydrogen) atoms. The van der Waals surface area contributed by atoms with Gasteiger partial charge in [-0.2, -0.15) is 0 Å². The summed E-state index contributed by atoms with van der Waals surface area (Å²) in [4.78, 5) is 20.7. The maximum absolute atomic E-state index is 11.0. The highest BCUT2D eigenvalue weighted by Crippen LogP contribution is 2.39. The molecule has 0 bridgehead atoms. The number of hydrogen-bond donors (Lipinski definition) is 2. The number of aromatic nitrogens is 2. The Kier molecular flexibility index (Phi) is 5.91. The smallest absolute Gasteiger partial charge is 0.407 e. The van der Waals surface area contributed by atoms with Crippen molar-refractivity contribution in [3.8, 4) is 0 Å². The molecule has 1 aliphatic heterocycles. The van der Waals surface area contributed by atoms with E-state index in [1.807, 2.05) is 6.92 Å². The van der Waals surface area contributed by atoms with Crippen LogP contribution in [-0.4, -0.2) is 39.2 Å². The molecule has 0 spiro atoms. The van der Waals surface area contributed by atoms with E-state index in [9.17, 15) is 4.79 Å². The number of amides is 1. The van der Waals surface area contributed by atoms with Crippen molar-refractivity contribution in [3.63, 3.8) is 0 Å². The van der Waals surface area contributed by atoms with Crippen molar-refractivity contribution in [1.82, 2.24) is 14.9 Å². The molecule has 6 nitrogen and oxygen atoms in total. The van der Waals surface area contributed by atoms with Crippen LogP contribution in [0.2, 0.25) is 5.28 Å². The molecule has 1 aliphatic rings. The van der Waals surface area contributed by atoms with Crippen LogP contribution in [0.4, 0.5) is 10.6 Å². The third-order valence-corrected chi connectivity index (χ3v) is 5.51. The molecule has 2 heterocycles. The van der Waals surface area contributed by atoms with E-state index in [0.29, 0.717) is 24.8 Å². The van der Waals surface area contributed by atoms with Gasteiger partial charge in [0.05, 0.1) is 0 Å². The average Bonchev–Trinajstić information content (AvgIpc) is 2.50. The lowest BCUT2D eigenvalue weighted by atomic mass is 9.70. The molecule has 1 aromatic heterocycles. The number of carbonyl (C=O) groups is 1. The van der Waals surface area contributed by atoms with Crippen LogP contribution in [0.15, 0.2) is 0 Å². The number of likely N-dealkylation sites (tertiary alicyclic amines) is 1. The molecule has 1 saturated heterocycles. The summed E-state index contributed by atoms with van der Waals surface area (Å²) in [5.41, 5.74) is 7.97. The summed E-state index contributed by atoms with van der Waals surface area (Å²) in [7, 11) is 0. The molecular formula is C17H27ClN4O2. The number of aryl methyl sites for hydroxylation is 1. The minimum absolute atomic E-state index is 0.181. The van der Waals surface area contributed by atoms with E-state index < -0.39 is 6.09 Å². The number of halogens is 1. The fourth-order valence-electron chi connectivity index (χ4n) is 3.67. The fourth-order valence-corrected chi connectivity index (χ4v) is 3.89. The first-order valence-electron chi connectivity index (χ1n) is 8.47. The highest BCUT2D eigenvalue weighted by molar-refractivity contribution is 6.28. The maximum Gasteiger partial charge on any atom is 0.407 e. The van der Waals surface area contributed by atoms with E-state index in [4.69, 9.17) is 22.4 Å². The lowest BCUT2D eigenvalue weighted by Gasteiger charge is -2.40. The van der Waals surface area contributed by atoms with Crippen LogP contribution in [0.5, 0.6) is 0 Å². The quantitative estimate of drug-likeness (QED) is 0.785. The first-order valence-corrected chi connectivity index (χ1v) is 8.85. The first kappa shape index (κ1) is 18.8.